The van der Waals surface area contributed by atoms with E-state index in [4.69, 9.17) is 4.74 Å². The normalized spacial score (nSPS) is 11.0. The van der Waals surface area contributed by atoms with E-state index in [0.717, 1.165) is 23.4 Å². The third-order valence-electron chi connectivity index (χ3n) is 4.08. The predicted molar refractivity (Wildman–Crippen MR) is 99.8 cm³/mol. The Hall–Kier alpha value is -2.59. The Kier molecular flexibility index (Phi) is 4.05. The predicted octanol–water partition coefficient (Wildman–Crippen LogP) is 5.28. The van der Waals surface area contributed by atoms with Gasteiger partial charge < -0.3 is 9.72 Å². The van der Waals surface area contributed by atoms with Crippen LogP contribution in [0, 0.1) is 0 Å². The minimum Gasteiger partial charge on any atom is -0.494 e. The highest BCUT2D eigenvalue weighted by molar-refractivity contribution is 7.08. The number of aromatic amines is 1. The van der Waals surface area contributed by atoms with Crippen molar-refractivity contribution in [3.63, 3.8) is 0 Å². The number of benzene rings is 1. The molecule has 0 atom stereocenters. The van der Waals surface area contributed by atoms with Gasteiger partial charge in [-0.05, 0) is 65.1 Å². The summed E-state index contributed by atoms with van der Waals surface area (Å²) in [4.78, 5) is 7.85. The average molecular weight is 334 g/mol. The highest BCUT2D eigenvalue weighted by Gasteiger charge is 2.09. The van der Waals surface area contributed by atoms with E-state index in [1.165, 1.54) is 22.1 Å². The molecule has 1 aromatic carbocycles. The van der Waals surface area contributed by atoms with E-state index in [-0.39, 0.29) is 0 Å². The van der Waals surface area contributed by atoms with E-state index < -0.39 is 0 Å². The molecule has 120 valence electrons. The van der Waals surface area contributed by atoms with Crippen LogP contribution in [0.25, 0.3) is 22.2 Å². The number of aromatic nitrogens is 2. The molecule has 0 aliphatic carbocycles. The quantitative estimate of drug-likeness (QED) is 0.539. The van der Waals surface area contributed by atoms with Gasteiger partial charge >= 0.3 is 0 Å². The maximum Gasteiger partial charge on any atom is 0.137 e. The van der Waals surface area contributed by atoms with Gasteiger partial charge in [-0.15, -0.1) is 0 Å². The first-order chi connectivity index (χ1) is 11.8. The fraction of sp³-hybridized carbons (Fsp3) is 0.150. The van der Waals surface area contributed by atoms with Crippen molar-refractivity contribution < 1.29 is 4.74 Å². The smallest absolute Gasteiger partial charge is 0.137 e. The van der Waals surface area contributed by atoms with Crippen molar-refractivity contribution in [2.24, 2.45) is 0 Å². The molecule has 0 fully saturated rings. The summed E-state index contributed by atoms with van der Waals surface area (Å²) in [6.07, 6.45) is 4.85. The lowest BCUT2D eigenvalue weighted by atomic mass is 10.0. The van der Waals surface area contributed by atoms with Gasteiger partial charge in [0, 0.05) is 23.3 Å². The van der Waals surface area contributed by atoms with Crippen LogP contribution in [0.4, 0.5) is 0 Å². The number of hydrogen-bond acceptors (Lipinski definition) is 3. The van der Waals surface area contributed by atoms with Crippen LogP contribution in [0.3, 0.4) is 0 Å². The van der Waals surface area contributed by atoms with E-state index in [0.29, 0.717) is 6.61 Å². The molecule has 0 aliphatic heterocycles. The first kappa shape index (κ1) is 15.0. The third-order valence-corrected chi connectivity index (χ3v) is 4.76. The largest absolute Gasteiger partial charge is 0.494 e. The van der Waals surface area contributed by atoms with Crippen LogP contribution in [-0.2, 0) is 6.42 Å². The number of fused-ring (bicyclic) bond motifs is 1. The summed E-state index contributed by atoms with van der Waals surface area (Å²) in [5, 5.41) is 5.43. The molecule has 4 heteroatoms. The van der Waals surface area contributed by atoms with Crippen molar-refractivity contribution in [1.29, 1.82) is 0 Å². The van der Waals surface area contributed by atoms with Crippen LogP contribution < -0.4 is 4.74 Å². The molecule has 1 N–H and O–H groups in total. The summed E-state index contributed by atoms with van der Waals surface area (Å²) in [5.41, 5.74) is 5.81. The lowest BCUT2D eigenvalue weighted by molar-refractivity contribution is 0.340. The molecule has 0 bridgehead atoms. The van der Waals surface area contributed by atoms with Crippen molar-refractivity contribution >= 4 is 22.4 Å². The molecule has 0 radical (unpaired) electrons. The Morgan fingerprint density at radius 2 is 2.12 bits per heavy atom. The lowest BCUT2D eigenvalue weighted by Gasteiger charge is -2.06. The maximum absolute atomic E-state index is 5.60. The fourth-order valence-corrected chi connectivity index (χ4v) is 3.59. The van der Waals surface area contributed by atoms with Crippen molar-refractivity contribution in [2.45, 2.75) is 13.3 Å². The van der Waals surface area contributed by atoms with Gasteiger partial charge in [-0.1, -0.05) is 12.1 Å². The first-order valence-corrected chi connectivity index (χ1v) is 8.98. The van der Waals surface area contributed by atoms with Crippen molar-refractivity contribution in [2.75, 3.05) is 6.61 Å². The molecule has 3 nitrogen and oxygen atoms in total. The van der Waals surface area contributed by atoms with Crippen LogP contribution in [-0.4, -0.2) is 16.6 Å². The number of pyridine rings is 1. The standard InChI is InChI=1S/C20H18N2OS/c1-2-23-18-5-3-4-14(9-18)8-17-12-22-20-19(17)10-16(11-21-20)15-6-7-24-13-15/h3-7,9-13H,2,8H2,1H3,(H,21,22). The van der Waals surface area contributed by atoms with Crippen LogP contribution in [0.5, 0.6) is 5.75 Å². The number of thiophene rings is 1. The van der Waals surface area contributed by atoms with Gasteiger partial charge in [0.15, 0.2) is 0 Å². The molecule has 4 aromatic rings. The van der Waals surface area contributed by atoms with Crippen molar-refractivity contribution in [3.05, 3.63) is 70.7 Å². The molecule has 3 heterocycles. The molecular formula is C20H18N2OS. The molecule has 0 unspecified atom stereocenters. The van der Waals surface area contributed by atoms with E-state index >= 15 is 0 Å². The van der Waals surface area contributed by atoms with Gasteiger partial charge in [-0.25, -0.2) is 4.98 Å². The van der Waals surface area contributed by atoms with Crippen LogP contribution in [0.15, 0.2) is 59.6 Å². The zero-order valence-corrected chi connectivity index (χ0v) is 14.3. The Balaban J connectivity index is 1.69. The first-order valence-electron chi connectivity index (χ1n) is 8.04. The minimum absolute atomic E-state index is 0.685. The van der Waals surface area contributed by atoms with E-state index in [1.54, 1.807) is 11.3 Å². The number of nitrogens with one attached hydrogen (secondary N) is 1. The van der Waals surface area contributed by atoms with E-state index in [2.05, 4.69) is 51.2 Å². The Morgan fingerprint density at radius 1 is 1.17 bits per heavy atom. The van der Waals surface area contributed by atoms with Crippen LogP contribution in [0.1, 0.15) is 18.1 Å². The zero-order valence-electron chi connectivity index (χ0n) is 13.5. The molecular weight excluding hydrogens is 316 g/mol. The van der Waals surface area contributed by atoms with E-state index in [1.807, 2.05) is 25.3 Å². The highest BCUT2D eigenvalue weighted by atomic mass is 32.1. The third kappa shape index (κ3) is 2.93. The molecule has 0 saturated heterocycles. The summed E-state index contributed by atoms with van der Waals surface area (Å²) in [7, 11) is 0. The second-order valence-corrected chi connectivity index (χ2v) is 6.48. The summed E-state index contributed by atoms with van der Waals surface area (Å²) < 4.78 is 5.60. The maximum atomic E-state index is 5.60. The number of H-pyrrole nitrogens is 1. The highest BCUT2D eigenvalue weighted by Crippen LogP contribution is 2.27. The molecule has 0 amide bonds. The van der Waals surface area contributed by atoms with Gasteiger partial charge in [-0.2, -0.15) is 11.3 Å². The molecule has 0 spiro atoms. The number of hydrogen-bond donors (Lipinski definition) is 1. The number of ether oxygens (including phenoxy) is 1. The summed E-state index contributed by atoms with van der Waals surface area (Å²) >= 11 is 1.71. The van der Waals surface area contributed by atoms with Gasteiger partial charge in [0.05, 0.1) is 6.61 Å². The van der Waals surface area contributed by atoms with Crippen molar-refractivity contribution in [1.82, 2.24) is 9.97 Å². The second kappa shape index (κ2) is 6.49. The molecule has 4 rings (SSSR count). The number of nitrogens with zero attached hydrogens (tertiary/aromatic N) is 1. The molecule has 3 aromatic heterocycles. The van der Waals surface area contributed by atoms with Gasteiger partial charge in [0.1, 0.15) is 11.4 Å². The van der Waals surface area contributed by atoms with Gasteiger partial charge in [0.25, 0.3) is 0 Å². The molecule has 0 aliphatic rings. The topological polar surface area (TPSA) is 37.9 Å². The SMILES string of the molecule is CCOc1cccc(Cc2c[nH]c3ncc(-c4ccsc4)cc23)c1. The monoisotopic (exact) mass is 334 g/mol. The number of rotatable bonds is 5. The fourth-order valence-electron chi connectivity index (χ4n) is 2.92. The summed E-state index contributed by atoms with van der Waals surface area (Å²) in [5.74, 6) is 0.923. The molecule has 0 saturated carbocycles. The van der Waals surface area contributed by atoms with Crippen LogP contribution in [0.2, 0.25) is 0 Å². The summed E-state index contributed by atoms with van der Waals surface area (Å²) in [6, 6.07) is 12.6. The lowest BCUT2D eigenvalue weighted by Crippen LogP contribution is -1.93. The Labute approximate surface area is 145 Å². The minimum atomic E-state index is 0.685. The van der Waals surface area contributed by atoms with Gasteiger partial charge in [0.2, 0.25) is 0 Å². The Morgan fingerprint density at radius 3 is 2.96 bits per heavy atom. The average Bonchev–Trinajstić information content (AvgIpc) is 3.26. The van der Waals surface area contributed by atoms with E-state index in [9.17, 15) is 0 Å². The van der Waals surface area contributed by atoms with Crippen LogP contribution >= 0.6 is 11.3 Å². The second-order valence-electron chi connectivity index (χ2n) is 5.70. The Bertz CT molecular complexity index is 957. The van der Waals surface area contributed by atoms with Crippen molar-refractivity contribution in [3.8, 4) is 16.9 Å². The summed E-state index contributed by atoms with van der Waals surface area (Å²) in [6.45, 7) is 2.69. The van der Waals surface area contributed by atoms with Gasteiger partial charge in [-0.3, -0.25) is 0 Å². The molecule has 24 heavy (non-hydrogen) atoms. The zero-order chi connectivity index (χ0) is 16.4.